The van der Waals surface area contributed by atoms with Gasteiger partial charge in [-0.1, -0.05) is 23.4 Å². The fourth-order valence-corrected chi connectivity index (χ4v) is 4.17. The summed E-state index contributed by atoms with van der Waals surface area (Å²) in [4.78, 5) is 34.9. The Kier molecular flexibility index (Phi) is 5.72. The van der Waals surface area contributed by atoms with Gasteiger partial charge in [-0.15, -0.1) is 11.3 Å². The first-order valence-corrected chi connectivity index (χ1v) is 9.72. The summed E-state index contributed by atoms with van der Waals surface area (Å²) in [5.41, 5.74) is 0.647. The minimum Gasteiger partial charge on any atom is -0.326 e. The Morgan fingerprint density at radius 1 is 1.40 bits per heavy atom. The average Bonchev–Trinajstić information content (AvgIpc) is 3.19. The van der Waals surface area contributed by atoms with Gasteiger partial charge in [-0.2, -0.15) is 4.99 Å². The maximum atomic E-state index is 12.5. The van der Waals surface area contributed by atoms with Crippen LogP contribution in [-0.2, 0) is 9.59 Å². The van der Waals surface area contributed by atoms with Crippen molar-refractivity contribution in [2.24, 2.45) is 4.99 Å². The molecule has 2 aromatic rings. The SMILES string of the molecule is CCN1C(=O)C(CC(=O)Nc2ccc(Cl)cc2)S/C1=N/c1nccs1. The molecule has 2 amide bonds. The summed E-state index contributed by atoms with van der Waals surface area (Å²) >= 11 is 8.53. The van der Waals surface area contributed by atoms with Crippen molar-refractivity contribution in [1.29, 1.82) is 0 Å². The first-order chi connectivity index (χ1) is 12.1. The lowest BCUT2D eigenvalue weighted by Crippen LogP contribution is -2.33. The molecule has 2 heterocycles. The molecule has 0 aliphatic carbocycles. The van der Waals surface area contributed by atoms with E-state index in [1.165, 1.54) is 23.1 Å². The van der Waals surface area contributed by atoms with Crippen LogP contribution >= 0.6 is 34.7 Å². The van der Waals surface area contributed by atoms with Crippen LogP contribution in [0.2, 0.25) is 5.02 Å². The van der Waals surface area contributed by atoms with Crippen LogP contribution in [0.25, 0.3) is 0 Å². The molecule has 0 spiro atoms. The van der Waals surface area contributed by atoms with Crippen molar-refractivity contribution in [1.82, 2.24) is 9.88 Å². The van der Waals surface area contributed by atoms with Crippen molar-refractivity contribution in [3.63, 3.8) is 0 Å². The summed E-state index contributed by atoms with van der Waals surface area (Å²) in [6, 6.07) is 6.84. The summed E-state index contributed by atoms with van der Waals surface area (Å²) in [7, 11) is 0. The van der Waals surface area contributed by atoms with Crippen LogP contribution in [0.1, 0.15) is 13.3 Å². The van der Waals surface area contributed by atoms with Crippen molar-refractivity contribution in [2.75, 3.05) is 11.9 Å². The highest BCUT2D eigenvalue weighted by molar-refractivity contribution is 8.15. The van der Waals surface area contributed by atoms with Crippen molar-refractivity contribution >= 4 is 62.5 Å². The fourth-order valence-electron chi connectivity index (χ4n) is 2.28. The first-order valence-electron chi connectivity index (χ1n) is 7.58. The van der Waals surface area contributed by atoms with Gasteiger partial charge in [0.05, 0.1) is 0 Å². The molecule has 25 heavy (non-hydrogen) atoms. The zero-order valence-electron chi connectivity index (χ0n) is 13.3. The van der Waals surface area contributed by atoms with E-state index in [9.17, 15) is 9.59 Å². The lowest BCUT2D eigenvalue weighted by molar-refractivity contribution is -0.128. The van der Waals surface area contributed by atoms with Gasteiger partial charge in [-0.25, -0.2) is 4.98 Å². The summed E-state index contributed by atoms with van der Waals surface area (Å²) in [5, 5.41) is 5.91. The lowest BCUT2D eigenvalue weighted by atomic mass is 10.2. The number of aliphatic imine (C=N–C) groups is 1. The Morgan fingerprint density at radius 2 is 2.16 bits per heavy atom. The number of aromatic nitrogens is 1. The number of nitrogens with one attached hydrogen (secondary N) is 1. The average molecular weight is 395 g/mol. The topological polar surface area (TPSA) is 74.7 Å². The molecule has 6 nitrogen and oxygen atoms in total. The van der Waals surface area contributed by atoms with Gasteiger partial charge in [0.2, 0.25) is 16.9 Å². The van der Waals surface area contributed by atoms with Gasteiger partial charge in [-0.3, -0.25) is 14.5 Å². The van der Waals surface area contributed by atoms with Crippen LogP contribution in [0.15, 0.2) is 40.8 Å². The number of rotatable bonds is 5. The zero-order valence-corrected chi connectivity index (χ0v) is 15.7. The molecular weight excluding hydrogens is 380 g/mol. The third-order valence-electron chi connectivity index (χ3n) is 3.45. The minimum absolute atomic E-state index is 0.0829. The number of carbonyl (C=O) groups excluding carboxylic acids is 2. The molecule has 0 bridgehead atoms. The molecule has 1 fully saturated rings. The van der Waals surface area contributed by atoms with E-state index < -0.39 is 5.25 Å². The second kappa shape index (κ2) is 7.99. The molecule has 1 saturated heterocycles. The van der Waals surface area contributed by atoms with E-state index in [1.54, 1.807) is 35.4 Å². The van der Waals surface area contributed by atoms with Crippen LogP contribution in [-0.4, -0.2) is 38.7 Å². The fraction of sp³-hybridized carbons (Fsp3) is 0.250. The molecule has 1 aromatic heterocycles. The molecule has 1 aromatic carbocycles. The van der Waals surface area contributed by atoms with Crippen LogP contribution < -0.4 is 5.32 Å². The standard InChI is InChI=1S/C16H15ClN4O2S2/c1-2-21-14(23)12(25-16(21)20-15-18-7-8-24-15)9-13(22)19-11-5-3-10(17)4-6-11/h3-8,12H,2,9H2,1H3,(H,19,22)/b20-16+. The van der Waals surface area contributed by atoms with E-state index in [0.717, 1.165) is 0 Å². The van der Waals surface area contributed by atoms with Crippen molar-refractivity contribution in [2.45, 2.75) is 18.6 Å². The zero-order chi connectivity index (χ0) is 17.8. The number of benzene rings is 1. The number of thiazole rings is 1. The quantitative estimate of drug-likeness (QED) is 0.837. The molecule has 1 aliphatic heterocycles. The van der Waals surface area contributed by atoms with Crippen molar-refractivity contribution in [3.05, 3.63) is 40.9 Å². The summed E-state index contributed by atoms with van der Waals surface area (Å²) in [6.45, 7) is 2.39. The number of halogens is 1. The van der Waals surface area contributed by atoms with E-state index in [2.05, 4.69) is 15.3 Å². The Labute approximate surface area is 158 Å². The number of hydrogen-bond acceptors (Lipinski definition) is 6. The first kappa shape index (κ1) is 17.9. The predicted octanol–water partition coefficient (Wildman–Crippen LogP) is 3.78. The van der Waals surface area contributed by atoms with Crippen molar-refractivity contribution < 1.29 is 9.59 Å². The molecule has 9 heteroatoms. The maximum absolute atomic E-state index is 12.5. The largest absolute Gasteiger partial charge is 0.326 e. The number of thioether (sulfide) groups is 1. The van der Waals surface area contributed by atoms with Crippen molar-refractivity contribution in [3.8, 4) is 0 Å². The van der Waals surface area contributed by atoms with Gasteiger partial charge in [0.15, 0.2) is 5.17 Å². The number of amides is 2. The molecule has 0 radical (unpaired) electrons. The van der Waals surface area contributed by atoms with Gasteiger partial charge in [-0.05, 0) is 31.2 Å². The van der Waals surface area contributed by atoms with E-state index in [1.807, 2.05) is 12.3 Å². The molecule has 0 saturated carbocycles. The second-order valence-corrected chi connectivity index (χ2v) is 7.64. The Bertz CT molecular complexity index is 793. The van der Waals surface area contributed by atoms with Gasteiger partial charge in [0.25, 0.3) is 0 Å². The predicted molar refractivity (Wildman–Crippen MR) is 103 cm³/mol. The monoisotopic (exact) mass is 394 g/mol. The van der Waals surface area contributed by atoms with E-state index in [-0.39, 0.29) is 18.2 Å². The molecule has 1 atom stereocenters. The molecule has 1 unspecified atom stereocenters. The smallest absolute Gasteiger partial charge is 0.242 e. The normalized spacial score (nSPS) is 18.8. The number of nitrogens with zero attached hydrogens (tertiary/aromatic N) is 3. The lowest BCUT2D eigenvalue weighted by Gasteiger charge is -2.12. The molecule has 130 valence electrons. The van der Waals surface area contributed by atoms with E-state index >= 15 is 0 Å². The van der Waals surface area contributed by atoms with Gasteiger partial charge >= 0.3 is 0 Å². The van der Waals surface area contributed by atoms with Gasteiger partial charge < -0.3 is 5.32 Å². The third-order valence-corrected chi connectivity index (χ3v) is 5.54. The van der Waals surface area contributed by atoms with Crippen LogP contribution in [0.4, 0.5) is 10.8 Å². The van der Waals surface area contributed by atoms with Gasteiger partial charge in [0, 0.05) is 35.3 Å². The molecule has 1 N–H and O–H groups in total. The molecular formula is C16H15ClN4O2S2. The Balaban J connectivity index is 1.67. The number of anilines is 1. The highest BCUT2D eigenvalue weighted by Crippen LogP contribution is 2.32. The van der Waals surface area contributed by atoms with Gasteiger partial charge in [0.1, 0.15) is 5.25 Å². The highest BCUT2D eigenvalue weighted by Gasteiger charge is 2.38. The summed E-state index contributed by atoms with van der Waals surface area (Å²) in [5.74, 6) is -0.325. The summed E-state index contributed by atoms with van der Waals surface area (Å²) < 4.78 is 0. The van der Waals surface area contributed by atoms with E-state index in [0.29, 0.717) is 27.6 Å². The van der Waals surface area contributed by atoms with Crippen LogP contribution in [0, 0.1) is 0 Å². The third kappa shape index (κ3) is 4.39. The number of hydrogen-bond donors (Lipinski definition) is 1. The maximum Gasteiger partial charge on any atom is 0.242 e. The number of amidine groups is 1. The second-order valence-electron chi connectivity index (χ2n) is 5.16. The minimum atomic E-state index is -0.481. The van der Waals surface area contributed by atoms with Crippen LogP contribution in [0.5, 0.6) is 0 Å². The highest BCUT2D eigenvalue weighted by atomic mass is 35.5. The summed E-state index contributed by atoms with van der Waals surface area (Å²) in [6.07, 6.45) is 1.75. The van der Waals surface area contributed by atoms with E-state index in [4.69, 9.17) is 11.6 Å². The van der Waals surface area contributed by atoms with Crippen LogP contribution in [0.3, 0.4) is 0 Å². The molecule has 1 aliphatic rings. The Hall–Kier alpha value is -1.90. The number of carbonyl (C=O) groups is 2. The molecule has 3 rings (SSSR count). The Morgan fingerprint density at radius 3 is 2.80 bits per heavy atom.